The van der Waals surface area contributed by atoms with Gasteiger partial charge in [-0.1, -0.05) is 30.7 Å². The summed E-state index contributed by atoms with van der Waals surface area (Å²) in [6, 6.07) is 15.9. The van der Waals surface area contributed by atoms with Crippen LogP contribution < -0.4 is 4.74 Å². The molecule has 2 aliphatic carbocycles. The molecule has 6 rings (SSSR count). The predicted molar refractivity (Wildman–Crippen MR) is 124 cm³/mol. The molecule has 0 N–H and O–H groups in total. The zero-order chi connectivity index (χ0) is 24.0. The summed E-state index contributed by atoms with van der Waals surface area (Å²) in [7, 11) is 0. The van der Waals surface area contributed by atoms with E-state index in [4.69, 9.17) is 9.15 Å². The second-order valence-electron chi connectivity index (χ2n) is 9.28. The van der Waals surface area contributed by atoms with E-state index < -0.39 is 12.1 Å². The molecule has 2 fully saturated rings. The lowest BCUT2D eigenvalue weighted by atomic mass is 9.64. The van der Waals surface area contributed by atoms with Gasteiger partial charge in [-0.2, -0.15) is 13.2 Å². The normalized spacial score (nSPS) is 23.6. The number of hydrogen-bond donors (Lipinski definition) is 0. The zero-order valence-electron chi connectivity index (χ0n) is 18.7. The number of benzene rings is 2. The molecule has 0 aliphatic heterocycles. The van der Waals surface area contributed by atoms with Crippen molar-refractivity contribution in [1.82, 2.24) is 15.2 Å². The van der Waals surface area contributed by atoms with Gasteiger partial charge < -0.3 is 9.15 Å². The molecule has 0 spiro atoms. The largest absolute Gasteiger partial charge is 0.486 e. The van der Waals surface area contributed by atoms with Crippen LogP contribution in [0.5, 0.6) is 5.75 Å². The highest BCUT2D eigenvalue weighted by atomic mass is 32.1. The third kappa shape index (κ3) is 4.01. The van der Waals surface area contributed by atoms with Gasteiger partial charge in [0.2, 0.25) is 5.89 Å². The number of ether oxygens (including phenoxy) is 1. The van der Waals surface area contributed by atoms with Crippen LogP contribution in [-0.2, 0) is 18.2 Å². The standard InChI is InChI=1S/C26H22F3N3O2S/c27-26(28,29)24-32-31-23(34-24)17-2-5-18(6-3-17)25(14-16-1-4-20(25)13-16)19-7-9-21(10-8-19)33-15-22-30-11-12-35-22/h2-3,5-12,16,20H,1,4,13-15H2/t16?,20-,25-/m1/s1. The third-order valence-electron chi connectivity index (χ3n) is 7.38. The lowest BCUT2D eigenvalue weighted by Crippen LogP contribution is -2.34. The molecule has 1 unspecified atom stereocenters. The molecule has 5 nitrogen and oxygen atoms in total. The van der Waals surface area contributed by atoms with Crippen LogP contribution in [0.4, 0.5) is 13.2 Å². The quantitative estimate of drug-likeness (QED) is 0.290. The number of fused-ring (bicyclic) bond motifs is 2. The molecule has 2 aromatic carbocycles. The second kappa shape index (κ2) is 8.48. The van der Waals surface area contributed by atoms with Crippen molar-refractivity contribution < 1.29 is 22.3 Å². The summed E-state index contributed by atoms with van der Waals surface area (Å²) >= 11 is 1.57. The number of halogens is 3. The SMILES string of the molecule is FC(F)(F)c1nnc(-c2ccc([C@@]3(c4ccc(OCc5nccs5)cc4)CC4CC[C@@H]3C4)cc2)o1. The van der Waals surface area contributed by atoms with Gasteiger partial charge in [0.15, 0.2) is 0 Å². The lowest BCUT2D eigenvalue weighted by Gasteiger charge is -2.39. The van der Waals surface area contributed by atoms with Gasteiger partial charge in [-0.3, -0.25) is 0 Å². The van der Waals surface area contributed by atoms with E-state index in [1.165, 1.54) is 30.4 Å². The van der Waals surface area contributed by atoms with Crippen molar-refractivity contribution >= 4 is 11.3 Å². The van der Waals surface area contributed by atoms with Crippen LogP contribution in [0.2, 0.25) is 0 Å². The molecule has 4 aromatic rings. The molecule has 35 heavy (non-hydrogen) atoms. The van der Waals surface area contributed by atoms with Crippen LogP contribution in [-0.4, -0.2) is 15.2 Å². The molecule has 2 heterocycles. The van der Waals surface area contributed by atoms with Gasteiger partial charge in [-0.15, -0.1) is 21.5 Å². The fraction of sp³-hybridized carbons (Fsp3) is 0.346. The third-order valence-corrected chi connectivity index (χ3v) is 8.13. The number of aromatic nitrogens is 3. The van der Waals surface area contributed by atoms with Crippen molar-refractivity contribution in [2.45, 2.75) is 43.9 Å². The van der Waals surface area contributed by atoms with Crippen molar-refractivity contribution in [2.24, 2.45) is 11.8 Å². The van der Waals surface area contributed by atoms with Crippen molar-refractivity contribution in [3.63, 3.8) is 0 Å². The predicted octanol–water partition coefficient (Wildman–Crippen LogP) is 6.90. The average Bonchev–Trinajstić information content (AvgIpc) is 3.67. The van der Waals surface area contributed by atoms with E-state index >= 15 is 0 Å². The van der Waals surface area contributed by atoms with Gasteiger partial charge in [0.25, 0.3) is 0 Å². The maximum atomic E-state index is 12.9. The van der Waals surface area contributed by atoms with E-state index in [2.05, 4.69) is 27.3 Å². The summed E-state index contributed by atoms with van der Waals surface area (Å²) in [6.45, 7) is 0.444. The van der Waals surface area contributed by atoms with Gasteiger partial charge in [0.1, 0.15) is 17.4 Å². The molecule has 0 radical (unpaired) electrons. The fourth-order valence-corrected chi connectivity index (χ4v) is 6.41. The molecule has 180 valence electrons. The zero-order valence-corrected chi connectivity index (χ0v) is 19.5. The molecular formula is C26H22F3N3O2S. The minimum absolute atomic E-state index is 0.124. The Labute approximate surface area is 204 Å². The summed E-state index contributed by atoms with van der Waals surface area (Å²) in [5.41, 5.74) is 2.76. The Morgan fingerprint density at radius 2 is 1.74 bits per heavy atom. The van der Waals surface area contributed by atoms with E-state index in [-0.39, 0.29) is 11.3 Å². The summed E-state index contributed by atoms with van der Waals surface area (Å²) < 4.78 is 49.3. The molecule has 2 aromatic heterocycles. The molecule has 3 atom stereocenters. The van der Waals surface area contributed by atoms with E-state index in [9.17, 15) is 13.2 Å². The van der Waals surface area contributed by atoms with Gasteiger partial charge in [-0.25, -0.2) is 4.98 Å². The van der Waals surface area contributed by atoms with E-state index in [0.29, 0.717) is 24.0 Å². The maximum Gasteiger partial charge on any atom is 0.470 e. The highest BCUT2D eigenvalue weighted by Crippen LogP contribution is 2.60. The Morgan fingerprint density at radius 3 is 2.31 bits per heavy atom. The molecule has 2 saturated carbocycles. The topological polar surface area (TPSA) is 61.0 Å². The second-order valence-corrected chi connectivity index (χ2v) is 10.3. The Morgan fingerprint density at radius 1 is 1.00 bits per heavy atom. The number of rotatable bonds is 6. The van der Waals surface area contributed by atoms with E-state index in [1.807, 2.05) is 29.6 Å². The highest BCUT2D eigenvalue weighted by molar-refractivity contribution is 7.09. The van der Waals surface area contributed by atoms with Crippen LogP contribution in [0, 0.1) is 11.8 Å². The summed E-state index contributed by atoms with van der Waals surface area (Å²) in [6.07, 6.45) is 1.80. The van der Waals surface area contributed by atoms with Crippen molar-refractivity contribution in [3.8, 4) is 17.2 Å². The minimum atomic E-state index is -4.66. The lowest BCUT2D eigenvalue weighted by molar-refractivity contribution is -0.156. The molecule has 2 aliphatic rings. The molecule has 2 bridgehead atoms. The monoisotopic (exact) mass is 497 g/mol. The maximum absolute atomic E-state index is 12.9. The van der Waals surface area contributed by atoms with Crippen LogP contribution >= 0.6 is 11.3 Å². The Balaban J connectivity index is 1.29. The van der Waals surface area contributed by atoms with Crippen molar-refractivity contribution in [2.75, 3.05) is 0 Å². The molecular weight excluding hydrogens is 475 g/mol. The van der Waals surface area contributed by atoms with Crippen LogP contribution in [0.1, 0.15) is 47.7 Å². The number of nitrogens with zero attached hydrogens (tertiary/aromatic N) is 3. The smallest absolute Gasteiger partial charge is 0.470 e. The first-order valence-corrected chi connectivity index (χ1v) is 12.4. The molecule has 0 saturated heterocycles. The average molecular weight is 498 g/mol. The van der Waals surface area contributed by atoms with Crippen LogP contribution in [0.15, 0.2) is 64.5 Å². The van der Waals surface area contributed by atoms with Crippen LogP contribution in [0.3, 0.4) is 0 Å². The van der Waals surface area contributed by atoms with Gasteiger partial charge >= 0.3 is 12.1 Å². The van der Waals surface area contributed by atoms with Gasteiger partial charge in [-0.05, 0) is 66.5 Å². The van der Waals surface area contributed by atoms with Crippen molar-refractivity contribution in [1.29, 1.82) is 0 Å². The summed E-state index contributed by atoms with van der Waals surface area (Å²) in [5, 5.41) is 9.59. The number of hydrogen-bond acceptors (Lipinski definition) is 6. The van der Waals surface area contributed by atoms with Gasteiger partial charge in [0.05, 0.1) is 0 Å². The molecule has 0 amide bonds. The first-order valence-electron chi connectivity index (χ1n) is 11.5. The molecule has 9 heteroatoms. The Hall–Kier alpha value is -3.20. The first-order chi connectivity index (χ1) is 16.9. The first kappa shape index (κ1) is 22.3. The van der Waals surface area contributed by atoms with Gasteiger partial charge in [0, 0.05) is 22.6 Å². The van der Waals surface area contributed by atoms with E-state index in [1.54, 1.807) is 29.7 Å². The van der Waals surface area contributed by atoms with Crippen molar-refractivity contribution in [3.05, 3.63) is 82.1 Å². The Kier molecular flexibility index (Phi) is 5.40. The summed E-state index contributed by atoms with van der Waals surface area (Å²) in [5.74, 6) is 0.548. The highest BCUT2D eigenvalue weighted by Gasteiger charge is 2.52. The minimum Gasteiger partial charge on any atom is -0.486 e. The number of thiazole rings is 1. The van der Waals surface area contributed by atoms with E-state index in [0.717, 1.165) is 17.2 Å². The number of alkyl halides is 3. The van der Waals surface area contributed by atoms with Crippen LogP contribution in [0.25, 0.3) is 11.5 Å². The summed E-state index contributed by atoms with van der Waals surface area (Å²) in [4.78, 5) is 4.25. The Bertz CT molecular complexity index is 1300. The fourth-order valence-electron chi connectivity index (χ4n) is 5.89.